The van der Waals surface area contributed by atoms with Gasteiger partial charge in [0.2, 0.25) is 5.78 Å². The van der Waals surface area contributed by atoms with E-state index in [0.717, 1.165) is 32.1 Å². The monoisotopic (exact) mass is 733 g/mol. The van der Waals surface area contributed by atoms with E-state index in [-0.39, 0.29) is 29.4 Å². The normalized spacial score (nSPS) is 14.1. The van der Waals surface area contributed by atoms with Crippen molar-refractivity contribution in [1.29, 1.82) is 0 Å². The van der Waals surface area contributed by atoms with Gasteiger partial charge in [0, 0.05) is 31.6 Å². The van der Waals surface area contributed by atoms with Gasteiger partial charge >= 0.3 is 5.97 Å². The van der Waals surface area contributed by atoms with E-state index in [1.165, 1.54) is 71.6 Å². The van der Waals surface area contributed by atoms with Crippen LogP contribution in [0.1, 0.15) is 187 Å². The molecule has 1 aliphatic carbocycles. The predicted molar refractivity (Wildman–Crippen MR) is 222 cm³/mol. The lowest BCUT2D eigenvalue weighted by atomic mass is 9.76. The number of rotatable bonds is 17. The summed E-state index contributed by atoms with van der Waals surface area (Å²) in [6, 6.07) is 12.0. The van der Waals surface area contributed by atoms with E-state index in [9.17, 15) is 24.0 Å². The molecule has 1 fully saturated rings. The molecule has 0 amide bonds. The van der Waals surface area contributed by atoms with E-state index in [2.05, 4.69) is 25.5 Å². The zero-order valence-corrected chi connectivity index (χ0v) is 36.5. The minimum atomic E-state index is -0.293. The molecule has 4 unspecified atom stereocenters. The number of esters is 1. The maximum Gasteiger partial charge on any atom is 0.302 e. The molecule has 1 aromatic carbocycles. The third-order valence-electron chi connectivity index (χ3n) is 9.20. The molecule has 1 aliphatic rings. The second-order valence-corrected chi connectivity index (χ2v) is 14.5. The number of ketones is 4. The van der Waals surface area contributed by atoms with Crippen molar-refractivity contribution in [2.45, 2.75) is 187 Å². The Balaban J connectivity index is -0.000000281. The Morgan fingerprint density at radius 1 is 0.635 bits per heavy atom. The lowest BCUT2D eigenvalue weighted by Crippen LogP contribution is -2.26. The van der Waals surface area contributed by atoms with Crippen LogP contribution >= 0.6 is 0 Å². The van der Waals surface area contributed by atoms with Gasteiger partial charge in [-0.3, -0.25) is 24.0 Å². The molecule has 6 heteroatoms. The van der Waals surface area contributed by atoms with Gasteiger partial charge in [-0.05, 0) is 63.7 Å². The van der Waals surface area contributed by atoms with Crippen LogP contribution in [0.3, 0.4) is 0 Å². The summed E-state index contributed by atoms with van der Waals surface area (Å²) in [5.74, 6) is 2.19. The highest BCUT2D eigenvalue weighted by atomic mass is 16.5. The Hall–Kier alpha value is -2.63. The Morgan fingerprint density at radius 2 is 1.10 bits per heavy atom. The van der Waals surface area contributed by atoms with E-state index < -0.39 is 0 Å². The predicted octanol–water partition coefficient (Wildman–Crippen LogP) is 12.9. The van der Waals surface area contributed by atoms with Crippen molar-refractivity contribution >= 4 is 29.1 Å². The molecule has 0 aliphatic heterocycles. The molecule has 0 bridgehead atoms. The number of ether oxygens (including phenoxy) is 1. The summed E-state index contributed by atoms with van der Waals surface area (Å²) in [6.45, 7) is 27.3. The van der Waals surface area contributed by atoms with E-state index in [0.29, 0.717) is 41.8 Å². The highest BCUT2D eigenvalue weighted by Gasteiger charge is 2.26. The number of hydrogen-bond donors (Lipinski definition) is 0. The zero-order chi connectivity index (χ0) is 40.9. The van der Waals surface area contributed by atoms with Gasteiger partial charge in [-0.2, -0.15) is 0 Å². The van der Waals surface area contributed by atoms with E-state index in [1.807, 2.05) is 84.9 Å². The topological polar surface area (TPSA) is 94.6 Å². The Labute approximate surface area is 322 Å². The summed E-state index contributed by atoms with van der Waals surface area (Å²) in [6.07, 6.45) is 16.5. The molecule has 0 spiro atoms. The fourth-order valence-corrected chi connectivity index (χ4v) is 5.64. The standard InChI is InChI=1S/C13H24O.C11H20O2.C8H16O.C6H12O2.C6H6.C2H6/c1-3-4-10-13(11(2)14)12-8-6-5-7-9-12;1-5-7-10(8(3)6-2)11(13)9(4)12;1-4-5-6-7(2)8(3)9;1-5(2)4-8-6(3)7;1-2-4-6-5-3-1;1-2/h12-13H,3-10H2,1-2H3;8,10H,5-7H2,1-4H3;7H,4-6H2,1-3H3;5H,4H2,1-3H3;1-6H;1-2H3. The number of carbonyl (C=O) groups excluding carboxylic acids is 5. The van der Waals surface area contributed by atoms with Crippen molar-refractivity contribution in [1.82, 2.24) is 0 Å². The SMILES string of the molecule is CC.CC(=O)OCC(C)C.CCCC(C(=O)C(C)=O)C(C)CC.CCCCC(C(C)=O)C1CCCCC1.CCCCC(C)C(C)=O.c1ccccc1. The summed E-state index contributed by atoms with van der Waals surface area (Å²) in [5.41, 5.74) is 0. The summed E-state index contributed by atoms with van der Waals surface area (Å²) in [4.78, 5) is 54.7. The minimum absolute atomic E-state index is 0.0486. The molecule has 304 valence electrons. The van der Waals surface area contributed by atoms with Gasteiger partial charge in [-0.25, -0.2) is 0 Å². The molecule has 2 rings (SSSR count). The molecular formula is C46H84O6. The molecule has 0 aromatic heterocycles. The van der Waals surface area contributed by atoms with Crippen LogP contribution < -0.4 is 0 Å². The van der Waals surface area contributed by atoms with Crippen molar-refractivity contribution in [2.24, 2.45) is 35.5 Å². The van der Waals surface area contributed by atoms with Gasteiger partial charge in [0.15, 0.2) is 5.78 Å². The number of Topliss-reactive ketones (excluding diaryl/α,β-unsaturated/α-hetero) is 4. The lowest BCUT2D eigenvalue weighted by Gasteiger charge is -2.28. The van der Waals surface area contributed by atoms with Gasteiger partial charge in [-0.15, -0.1) is 0 Å². The maximum atomic E-state index is 11.5. The Kier molecular flexibility index (Phi) is 42.7. The van der Waals surface area contributed by atoms with Gasteiger partial charge in [0.05, 0.1) is 6.61 Å². The first-order chi connectivity index (χ1) is 24.6. The van der Waals surface area contributed by atoms with Crippen molar-refractivity contribution in [3.8, 4) is 0 Å². The van der Waals surface area contributed by atoms with Crippen LogP contribution in [-0.4, -0.2) is 35.7 Å². The molecule has 1 aromatic rings. The lowest BCUT2D eigenvalue weighted by molar-refractivity contribution is -0.142. The first-order valence-corrected chi connectivity index (χ1v) is 20.8. The highest BCUT2D eigenvalue weighted by Crippen LogP contribution is 2.33. The zero-order valence-electron chi connectivity index (χ0n) is 36.5. The number of benzene rings is 1. The van der Waals surface area contributed by atoms with Crippen LogP contribution in [0.4, 0.5) is 0 Å². The summed E-state index contributed by atoms with van der Waals surface area (Å²) < 4.78 is 4.66. The van der Waals surface area contributed by atoms with Gasteiger partial charge in [0.25, 0.3) is 0 Å². The van der Waals surface area contributed by atoms with Gasteiger partial charge in [-0.1, -0.05) is 163 Å². The van der Waals surface area contributed by atoms with Crippen molar-refractivity contribution in [3.05, 3.63) is 36.4 Å². The number of hydrogen-bond acceptors (Lipinski definition) is 6. The minimum Gasteiger partial charge on any atom is -0.466 e. The largest absolute Gasteiger partial charge is 0.466 e. The van der Waals surface area contributed by atoms with Crippen molar-refractivity contribution in [3.63, 3.8) is 0 Å². The van der Waals surface area contributed by atoms with Crippen molar-refractivity contribution < 1.29 is 28.7 Å². The van der Waals surface area contributed by atoms with Crippen LogP contribution in [0.15, 0.2) is 36.4 Å². The average Bonchev–Trinajstić information content (AvgIpc) is 3.14. The average molecular weight is 733 g/mol. The smallest absolute Gasteiger partial charge is 0.302 e. The molecule has 0 saturated heterocycles. The Morgan fingerprint density at radius 3 is 1.40 bits per heavy atom. The summed E-state index contributed by atoms with van der Waals surface area (Å²) >= 11 is 0. The Bertz CT molecular complexity index is 953. The third kappa shape index (κ3) is 35.8. The van der Waals surface area contributed by atoms with Crippen LogP contribution in [0.5, 0.6) is 0 Å². The van der Waals surface area contributed by atoms with Crippen LogP contribution in [0, 0.1) is 35.5 Å². The molecule has 0 radical (unpaired) electrons. The van der Waals surface area contributed by atoms with E-state index in [4.69, 9.17) is 0 Å². The fraction of sp³-hybridized carbons (Fsp3) is 0.761. The molecular weight excluding hydrogens is 649 g/mol. The second kappa shape index (κ2) is 39.6. The molecule has 52 heavy (non-hydrogen) atoms. The molecule has 4 atom stereocenters. The molecule has 0 N–H and O–H groups in total. The van der Waals surface area contributed by atoms with Crippen LogP contribution in [0.2, 0.25) is 0 Å². The van der Waals surface area contributed by atoms with E-state index >= 15 is 0 Å². The summed E-state index contributed by atoms with van der Waals surface area (Å²) in [7, 11) is 0. The molecule has 1 saturated carbocycles. The van der Waals surface area contributed by atoms with Crippen LogP contribution in [0.25, 0.3) is 0 Å². The van der Waals surface area contributed by atoms with Crippen LogP contribution in [-0.2, 0) is 28.7 Å². The van der Waals surface area contributed by atoms with Crippen molar-refractivity contribution in [2.75, 3.05) is 6.61 Å². The highest BCUT2D eigenvalue weighted by molar-refractivity contribution is 6.37. The fourth-order valence-electron chi connectivity index (χ4n) is 5.64. The number of unbranched alkanes of at least 4 members (excludes halogenated alkanes) is 2. The first-order valence-electron chi connectivity index (χ1n) is 20.8. The third-order valence-corrected chi connectivity index (χ3v) is 9.20. The second-order valence-electron chi connectivity index (χ2n) is 14.5. The van der Waals surface area contributed by atoms with E-state index in [1.54, 1.807) is 13.8 Å². The molecule has 0 heterocycles. The van der Waals surface area contributed by atoms with Gasteiger partial charge < -0.3 is 4.74 Å². The number of carbonyl (C=O) groups is 5. The maximum absolute atomic E-state index is 11.5. The molecule has 6 nitrogen and oxygen atoms in total. The first kappa shape index (κ1) is 56.1. The van der Waals surface area contributed by atoms with Gasteiger partial charge in [0.1, 0.15) is 11.6 Å². The quantitative estimate of drug-likeness (QED) is 0.117. The summed E-state index contributed by atoms with van der Waals surface area (Å²) in [5, 5.41) is 0.